The molecule has 0 aliphatic heterocycles. The number of carbonyl (C=O) groups excluding carboxylic acids is 1. The standard InChI is InChI=1S/C7H8O3S.C6H7N3O2/c1-6-2-4-7(5-3-6)11(8,9)10;1-11-5-3-8-4(2-9-5)6(7)10/h2-5H,1H3,(H,8,9,10);2-3H,1H3,(H2,7,10). The van der Waals surface area contributed by atoms with Gasteiger partial charge >= 0.3 is 0 Å². The number of carbonyl (C=O) groups is 1. The van der Waals surface area contributed by atoms with Gasteiger partial charge in [0, 0.05) is 0 Å². The molecule has 0 spiro atoms. The van der Waals surface area contributed by atoms with Gasteiger partial charge in [-0.1, -0.05) is 17.7 Å². The Morgan fingerprint density at radius 2 is 1.77 bits per heavy atom. The number of aromatic nitrogens is 2. The predicted molar refractivity (Wildman–Crippen MR) is 78.1 cm³/mol. The lowest BCUT2D eigenvalue weighted by molar-refractivity contribution is 0.0995. The average Bonchev–Trinajstić information content (AvgIpc) is 2.47. The summed E-state index contributed by atoms with van der Waals surface area (Å²) >= 11 is 0. The lowest BCUT2D eigenvalue weighted by atomic mass is 10.2. The third-order valence-corrected chi connectivity index (χ3v) is 3.28. The van der Waals surface area contributed by atoms with Crippen LogP contribution in [0.2, 0.25) is 0 Å². The molecule has 1 amide bonds. The number of primary amides is 1. The van der Waals surface area contributed by atoms with Crippen LogP contribution in [0.4, 0.5) is 0 Å². The summed E-state index contributed by atoms with van der Waals surface area (Å²) < 4.78 is 34.3. The predicted octanol–water partition coefficient (Wildman–Crippen LogP) is 0.826. The van der Waals surface area contributed by atoms with Gasteiger partial charge in [-0.05, 0) is 19.1 Å². The lowest BCUT2D eigenvalue weighted by Crippen LogP contribution is -2.13. The molecule has 0 aliphatic carbocycles. The topological polar surface area (TPSA) is 132 Å². The summed E-state index contributed by atoms with van der Waals surface area (Å²) in [6.45, 7) is 1.84. The Kier molecular flexibility index (Phi) is 5.96. The van der Waals surface area contributed by atoms with E-state index in [4.69, 9.17) is 15.0 Å². The molecule has 9 heteroatoms. The van der Waals surface area contributed by atoms with E-state index in [0.29, 0.717) is 5.88 Å². The Balaban J connectivity index is 0.000000220. The lowest BCUT2D eigenvalue weighted by Gasteiger charge is -1.96. The van der Waals surface area contributed by atoms with E-state index in [0.717, 1.165) is 5.56 Å². The van der Waals surface area contributed by atoms with Gasteiger partial charge in [-0.15, -0.1) is 0 Å². The molecule has 0 saturated heterocycles. The van der Waals surface area contributed by atoms with Crippen molar-refractivity contribution in [2.75, 3.05) is 7.11 Å². The molecule has 2 rings (SSSR count). The monoisotopic (exact) mass is 325 g/mol. The number of hydrogen-bond acceptors (Lipinski definition) is 6. The SMILES string of the molecule is COc1cnc(C(N)=O)cn1.Cc1ccc(S(=O)(=O)O)cc1. The molecular weight excluding hydrogens is 310 g/mol. The van der Waals surface area contributed by atoms with E-state index in [-0.39, 0.29) is 10.6 Å². The zero-order chi connectivity index (χ0) is 16.8. The van der Waals surface area contributed by atoms with E-state index in [9.17, 15) is 13.2 Å². The molecule has 1 aromatic carbocycles. The summed E-state index contributed by atoms with van der Waals surface area (Å²) in [5, 5.41) is 0. The second-order valence-electron chi connectivity index (χ2n) is 4.10. The number of amides is 1. The molecular formula is C13H15N3O5S. The van der Waals surface area contributed by atoms with E-state index < -0.39 is 16.0 Å². The molecule has 0 unspecified atom stereocenters. The molecule has 0 bridgehead atoms. The van der Waals surface area contributed by atoms with Crippen molar-refractivity contribution in [1.82, 2.24) is 9.97 Å². The molecule has 118 valence electrons. The summed E-state index contributed by atoms with van der Waals surface area (Å²) in [6.07, 6.45) is 2.60. The number of aryl methyl sites for hydroxylation is 1. The van der Waals surface area contributed by atoms with Gasteiger partial charge < -0.3 is 10.5 Å². The maximum absolute atomic E-state index is 10.5. The van der Waals surface area contributed by atoms with Crippen LogP contribution in [0.15, 0.2) is 41.6 Å². The maximum Gasteiger partial charge on any atom is 0.294 e. The van der Waals surface area contributed by atoms with Crippen LogP contribution < -0.4 is 10.5 Å². The minimum atomic E-state index is -4.02. The largest absolute Gasteiger partial charge is 0.480 e. The highest BCUT2D eigenvalue weighted by Gasteiger charge is 2.06. The van der Waals surface area contributed by atoms with Gasteiger partial charge in [0.1, 0.15) is 5.69 Å². The first-order valence-electron chi connectivity index (χ1n) is 5.94. The van der Waals surface area contributed by atoms with Crippen molar-refractivity contribution in [3.63, 3.8) is 0 Å². The van der Waals surface area contributed by atoms with Crippen LogP contribution >= 0.6 is 0 Å². The van der Waals surface area contributed by atoms with Crippen molar-refractivity contribution in [3.8, 4) is 5.88 Å². The summed E-state index contributed by atoms with van der Waals surface area (Å²) in [4.78, 5) is 17.8. The van der Waals surface area contributed by atoms with Crippen molar-refractivity contribution >= 4 is 16.0 Å². The molecule has 8 nitrogen and oxygen atoms in total. The van der Waals surface area contributed by atoms with Gasteiger partial charge in [0.2, 0.25) is 5.88 Å². The summed E-state index contributed by atoms with van der Waals surface area (Å²) in [7, 11) is -2.55. The van der Waals surface area contributed by atoms with Crippen LogP contribution in [0.5, 0.6) is 5.88 Å². The molecule has 2 aromatic rings. The molecule has 0 aliphatic rings. The number of methoxy groups -OCH3 is 1. The molecule has 0 radical (unpaired) electrons. The Bertz CT molecular complexity index is 727. The quantitative estimate of drug-likeness (QED) is 0.798. The first kappa shape index (κ1) is 17.5. The van der Waals surface area contributed by atoms with Crippen LogP contribution in [-0.2, 0) is 10.1 Å². The Morgan fingerprint density at radius 3 is 2.14 bits per heavy atom. The first-order chi connectivity index (χ1) is 10.2. The van der Waals surface area contributed by atoms with Crippen LogP contribution in [0.3, 0.4) is 0 Å². The van der Waals surface area contributed by atoms with Gasteiger partial charge in [0.05, 0.1) is 24.4 Å². The van der Waals surface area contributed by atoms with Crippen molar-refractivity contribution in [3.05, 3.63) is 47.9 Å². The van der Waals surface area contributed by atoms with E-state index in [1.807, 2.05) is 6.92 Å². The average molecular weight is 325 g/mol. The van der Waals surface area contributed by atoms with Crippen LogP contribution in [0.1, 0.15) is 16.1 Å². The molecule has 0 atom stereocenters. The number of nitrogens with two attached hydrogens (primary N) is 1. The molecule has 1 heterocycles. The van der Waals surface area contributed by atoms with Gasteiger partial charge in [-0.25, -0.2) is 9.97 Å². The molecule has 22 heavy (non-hydrogen) atoms. The van der Waals surface area contributed by atoms with Gasteiger partial charge in [0.25, 0.3) is 16.0 Å². The van der Waals surface area contributed by atoms with Crippen molar-refractivity contribution in [2.24, 2.45) is 5.73 Å². The normalized spacial score (nSPS) is 10.3. The first-order valence-corrected chi connectivity index (χ1v) is 7.38. The fourth-order valence-corrected chi connectivity index (χ4v) is 1.74. The minimum absolute atomic E-state index is 0.0666. The summed E-state index contributed by atoms with van der Waals surface area (Å²) in [5.74, 6) is -0.241. The third kappa shape index (κ3) is 5.46. The summed E-state index contributed by atoms with van der Waals surface area (Å²) in [6, 6.07) is 5.99. The molecule has 3 N–H and O–H groups in total. The van der Waals surface area contributed by atoms with E-state index in [2.05, 4.69) is 9.97 Å². The minimum Gasteiger partial charge on any atom is -0.480 e. The van der Waals surface area contributed by atoms with Crippen LogP contribution in [0, 0.1) is 6.92 Å². The number of hydrogen-bond donors (Lipinski definition) is 2. The van der Waals surface area contributed by atoms with E-state index >= 15 is 0 Å². The highest BCUT2D eigenvalue weighted by molar-refractivity contribution is 7.85. The van der Waals surface area contributed by atoms with Gasteiger partial charge in [-0.3, -0.25) is 9.35 Å². The fourth-order valence-electron chi connectivity index (χ4n) is 1.26. The maximum atomic E-state index is 10.5. The van der Waals surface area contributed by atoms with E-state index in [1.165, 1.54) is 31.6 Å². The number of rotatable bonds is 3. The van der Waals surface area contributed by atoms with Crippen molar-refractivity contribution in [2.45, 2.75) is 11.8 Å². The molecule has 0 saturated carbocycles. The van der Waals surface area contributed by atoms with Crippen molar-refractivity contribution in [1.29, 1.82) is 0 Å². The highest BCUT2D eigenvalue weighted by atomic mass is 32.2. The second kappa shape index (κ2) is 7.48. The second-order valence-corrected chi connectivity index (χ2v) is 5.52. The Labute approximate surface area is 127 Å². The smallest absolute Gasteiger partial charge is 0.294 e. The van der Waals surface area contributed by atoms with Crippen LogP contribution in [0.25, 0.3) is 0 Å². The van der Waals surface area contributed by atoms with Gasteiger partial charge in [0.15, 0.2) is 0 Å². The zero-order valence-electron chi connectivity index (χ0n) is 11.9. The Hall–Kier alpha value is -2.52. The Morgan fingerprint density at radius 1 is 1.18 bits per heavy atom. The fraction of sp³-hybridized carbons (Fsp3) is 0.154. The highest BCUT2D eigenvalue weighted by Crippen LogP contribution is 2.08. The molecule has 0 fully saturated rings. The number of ether oxygens (including phenoxy) is 1. The number of benzene rings is 1. The zero-order valence-corrected chi connectivity index (χ0v) is 12.7. The van der Waals surface area contributed by atoms with E-state index in [1.54, 1.807) is 12.1 Å². The molecule has 1 aromatic heterocycles. The van der Waals surface area contributed by atoms with Gasteiger partial charge in [-0.2, -0.15) is 8.42 Å². The summed E-state index contributed by atoms with van der Waals surface area (Å²) in [5.41, 5.74) is 6.01. The number of nitrogens with zero attached hydrogens (tertiary/aromatic N) is 2. The van der Waals surface area contributed by atoms with Crippen molar-refractivity contribution < 1.29 is 22.5 Å². The van der Waals surface area contributed by atoms with Crippen LogP contribution in [-0.4, -0.2) is 36.0 Å². The third-order valence-electron chi connectivity index (χ3n) is 2.41.